The predicted octanol–water partition coefficient (Wildman–Crippen LogP) is 3.81. The summed E-state index contributed by atoms with van der Waals surface area (Å²) in [5.41, 5.74) is 7.27. The lowest BCUT2D eigenvalue weighted by atomic mass is 10.1. The first-order chi connectivity index (χ1) is 15.5. The molecule has 0 aliphatic rings. The van der Waals surface area contributed by atoms with Crippen molar-refractivity contribution in [1.82, 2.24) is 10.9 Å². The molecule has 0 atom stereocenters. The second-order valence-electron chi connectivity index (χ2n) is 6.98. The molecule has 0 saturated heterocycles. The highest BCUT2D eigenvalue weighted by atomic mass is 16.5. The van der Waals surface area contributed by atoms with Crippen LogP contribution < -0.4 is 25.1 Å². The second kappa shape index (κ2) is 11.4. The third kappa shape index (κ3) is 6.77. The normalized spacial score (nSPS) is 10.2. The Hall–Kier alpha value is -4.00. The molecule has 0 radical (unpaired) electrons. The first kappa shape index (κ1) is 22.7. The number of carbonyl (C=O) groups is 2. The molecule has 0 heterocycles. The number of nitrogens with one attached hydrogen (secondary N) is 2. The van der Waals surface area contributed by atoms with Gasteiger partial charge in [-0.2, -0.15) is 0 Å². The average Bonchev–Trinajstić information content (AvgIpc) is 2.81. The minimum absolute atomic E-state index is 0.274. The smallest absolute Gasteiger partial charge is 0.276 e. The van der Waals surface area contributed by atoms with Crippen molar-refractivity contribution in [2.45, 2.75) is 20.5 Å². The highest BCUT2D eigenvalue weighted by Crippen LogP contribution is 2.26. The van der Waals surface area contributed by atoms with E-state index in [4.69, 9.17) is 14.2 Å². The first-order valence-electron chi connectivity index (χ1n) is 10.3. The fourth-order valence-corrected chi connectivity index (χ4v) is 2.92. The quantitative estimate of drug-likeness (QED) is 0.500. The number of benzene rings is 3. The molecule has 7 nitrogen and oxygen atoms in total. The van der Waals surface area contributed by atoms with Crippen LogP contribution in [0.1, 0.15) is 28.4 Å². The van der Waals surface area contributed by atoms with Crippen LogP contribution in [0.2, 0.25) is 0 Å². The van der Waals surface area contributed by atoms with Gasteiger partial charge in [0.2, 0.25) is 0 Å². The van der Waals surface area contributed by atoms with Gasteiger partial charge in [-0.05, 0) is 49.7 Å². The molecule has 7 heteroatoms. The van der Waals surface area contributed by atoms with E-state index in [0.29, 0.717) is 36.0 Å². The summed E-state index contributed by atoms with van der Waals surface area (Å²) < 4.78 is 16.7. The van der Waals surface area contributed by atoms with Crippen LogP contribution in [0.5, 0.6) is 17.2 Å². The van der Waals surface area contributed by atoms with E-state index in [9.17, 15) is 9.59 Å². The van der Waals surface area contributed by atoms with Gasteiger partial charge in [0, 0.05) is 5.56 Å². The lowest BCUT2D eigenvalue weighted by molar-refractivity contribution is -0.123. The topological polar surface area (TPSA) is 85.9 Å². The molecular formula is C25H26N2O5. The van der Waals surface area contributed by atoms with Crippen LogP contribution in [-0.2, 0) is 11.4 Å². The molecule has 3 rings (SSSR count). The van der Waals surface area contributed by atoms with E-state index >= 15 is 0 Å². The van der Waals surface area contributed by atoms with Crippen molar-refractivity contribution in [1.29, 1.82) is 0 Å². The van der Waals surface area contributed by atoms with Gasteiger partial charge in [-0.1, -0.05) is 48.0 Å². The summed E-state index contributed by atoms with van der Waals surface area (Å²) in [5, 5.41) is 0. The Morgan fingerprint density at radius 2 is 1.56 bits per heavy atom. The zero-order chi connectivity index (χ0) is 22.8. The standard InChI is InChI=1S/C25H26N2O5/c1-3-30-22-12-4-5-13-23(22)32-17-24(28)26-27-25(29)20-10-7-11-21(15-20)31-16-19-9-6-8-18(2)14-19/h4-15H,3,16-17H2,1-2H3,(H,26,28)(H,27,29). The molecule has 3 aromatic rings. The number of para-hydroxylation sites is 2. The molecule has 0 spiro atoms. The van der Waals surface area contributed by atoms with Crippen molar-refractivity contribution in [2.75, 3.05) is 13.2 Å². The molecule has 0 saturated carbocycles. The number of hydrogen-bond acceptors (Lipinski definition) is 5. The maximum atomic E-state index is 12.4. The van der Waals surface area contributed by atoms with Crippen molar-refractivity contribution in [2.24, 2.45) is 0 Å². The van der Waals surface area contributed by atoms with E-state index in [0.717, 1.165) is 11.1 Å². The maximum Gasteiger partial charge on any atom is 0.276 e. The molecular weight excluding hydrogens is 408 g/mol. The van der Waals surface area contributed by atoms with E-state index in [2.05, 4.69) is 10.9 Å². The highest BCUT2D eigenvalue weighted by molar-refractivity contribution is 5.95. The summed E-state index contributed by atoms with van der Waals surface area (Å²) in [4.78, 5) is 24.5. The minimum atomic E-state index is -0.503. The predicted molar refractivity (Wildman–Crippen MR) is 121 cm³/mol. The Labute approximate surface area is 187 Å². The molecule has 0 aromatic heterocycles. The average molecular weight is 434 g/mol. The van der Waals surface area contributed by atoms with Gasteiger partial charge in [-0.15, -0.1) is 0 Å². The van der Waals surface area contributed by atoms with Gasteiger partial charge in [0.1, 0.15) is 12.4 Å². The summed E-state index contributed by atoms with van der Waals surface area (Å²) in [6, 6.07) is 21.8. The lowest BCUT2D eigenvalue weighted by Crippen LogP contribution is -2.43. The SMILES string of the molecule is CCOc1ccccc1OCC(=O)NNC(=O)c1cccc(OCc2cccc(C)c2)c1. The van der Waals surface area contributed by atoms with Gasteiger partial charge < -0.3 is 14.2 Å². The number of rotatable bonds is 9. The van der Waals surface area contributed by atoms with Crippen molar-refractivity contribution in [3.63, 3.8) is 0 Å². The highest BCUT2D eigenvalue weighted by Gasteiger charge is 2.11. The third-order valence-electron chi connectivity index (χ3n) is 4.41. The van der Waals surface area contributed by atoms with Gasteiger partial charge >= 0.3 is 0 Å². The summed E-state index contributed by atoms with van der Waals surface area (Å²) in [6.07, 6.45) is 0. The summed E-state index contributed by atoms with van der Waals surface area (Å²) in [5.74, 6) is 0.593. The monoisotopic (exact) mass is 434 g/mol. The number of carbonyl (C=O) groups excluding carboxylic acids is 2. The molecule has 0 aliphatic heterocycles. The van der Waals surface area contributed by atoms with Crippen molar-refractivity contribution in [3.8, 4) is 17.2 Å². The second-order valence-corrected chi connectivity index (χ2v) is 6.98. The van der Waals surface area contributed by atoms with Crippen LogP contribution >= 0.6 is 0 Å². The fourth-order valence-electron chi connectivity index (χ4n) is 2.92. The molecule has 0 unspecified atom stereocenters. The van der Waals surface area contributed by atoms with Gasteiger partial charge in [-0.3, -0.25) is 20.4 Å². The van der Waals surface area contributed by atoms with Crippen molar-refractivity contribution >= 4 is 11.8 Å². The van der Waals surface area contributed by atoms with E-state index in [1.807, 2.05) is 44.2 Å². The van der Waals surface area contributed by atoms with E-state index in [-0.39, 0.29) is 6.61 Å². The van der Waals surface area contributed by atoms with E-state index in [1.165, 1.54) is 0 Å². The van der Waals surface area contributed by atoms with Gasteiger partial charge in [-0.25, -0.2) is 0 Å². The summed E-state index contributed by atoms with van der Waals surface area (Å²) in [6.45, 7) is 4.48. The Morgan fingerprint density at radius 1 is 0.812 bits per heavy atom. The number of hydrazine groups is 1. The molecule has 0 fully saturated rings. The van der Waals surface area contributed by atoms with Crippen LogP contribution in [0.15, 0.2) is 72.8 Å². The Bertz CT molecular complexity index is 1070. The molecule has 32 heavy (non-hydrogen) atoms. The third-order valence-corrected chi connectivity index (χ3v) is 4.41. The van der Waals surface area contributed by atoms with Gasteiger partial charge in [0.05, 0.1) is 6.61 Å². The fraction of sp³-hybridized carbons (Fsp3) is 0.200. The molecule has 0 aliphatic carbocycles. The van der Waals surface area contributed by atoms with Crippen molar-refractivity contribution < 1.29 is 23.8 Å². The Balaban J connectivity index is 1.48. The number of aryl methyl sites for hydroxylation is 1. The van der Waals surface area contributed by atoms with Gasteiger partial charge in [0.25, 0.3) is 11.8 Å². The Kier molecular flexibility index (Phi) is 8.09. The molecule has 2 N–H and O–H groups in total. The Morgan fingerprint density at radius 3 is 2.31 bits per heavy atom. The number of hydrogen-bond donors (Lipinski definition) is 2. The maximum absolute atomic E-state index is 12.4. The zero-order valence-electron chi connectivity index (χ0n) is 18.1. The largest absolute Gasteiger partial charge is 0.490 e. The number of ether oxygens (including phenoxy) is 3. The van der Waals surface area contributed by atoms with Crippen LogP contribution in [0.25, 0.3) is 0 Å². The minimum Gasteiger partial charge on any atom is -0.490 e. The molecule has 0 bridgehead atoms. The zero-order valence-corrected chi connectivity index (χ0v) is 18.1. The van der Waals surface area contributed by atoms with Crippen LogP contribution in [-0.4, -0.2) is 25.0 Å². The van der Waals surface area contributed by atoms with Crippen LogP contribution in [0.3, 0.4) is 0 Å². The van der Waals surface area contributed by atoms with Crippen LogP contribution in [0.4, 0.5) is 0 Å². The van der Waals surface area contributed by atoms with E-state index < -0.39 is 11.8 Å². The van der Waals surface area contributed by atoms with Gasteiger partial charge in [0.15, 0.2) is 18.1 Å². The van der Waals surface area contributed by atoms with Crippen LogP contribution in [0, 0.1) is 6.92 Å². The summed E-state index contributed by atoms with van der Waals surface area (Å²) in [7, 11) is 0. The summed E-state index contributed by atoms with van der Waals surface area (Å²) >= 11 is 0. The molecule has 2 amide bonds. The number of amides is 2. The van der Waals surface area contributed by atoms with E-state index in [1.54, 1.807) is 42.5 Å². The lowest BCUT2D eigenvalue weighted by Gasteiger charge is -2.12. The van der Waals surface area contributed by atoms with Crippen molar-refractivity contribution in [3.05, 3.63) is 89.5 Å². The molecule has 3 aromatic carbocycles. The first-order valence-corrected chi connectivity index (χ1v) is 10.3. The molecule has 166 valence electrons.